The number of urea groups is 1. The van der Waals surface area contributed by atoms with Crippen LogP contribution in [0, 0.1) is 0 Å². The molecule has 0 aromatic heterocycles. The van der Waals surface area contributed by atoms with Gasteiger partial charge in [-0.3, -0.25) is 9.59 Å². The number of carboxylic acids is 1. The van der Waals surface area contributed by atoms with Crippen molar-refractivity contribution in [3.8, 4) is 0 Å². The van der Waals surface area contributed by atoms with Crippen LogP contribution in [0.5, 0.6) is 0 Å². The zero-order chi connectivity index (χ0) is 15.8. The molecule has 7 nitrogen and oxygen atoms in total. The van der Waals surface area contributed by atoms with Gasteiger partial charge < -0.3 is 20.6 Å². The fourth-order valence-corrected chi connectivity index (χ4v) is 2.45. The molecule has 1 aliphatic carbocycles. The van der Waals surface area contributed by atoms with Gasteiger partial charge >= 0.3 is 12.0 Å². The number of carbonyl (C=O) groups is 3. The van der Waals surface area contributed by atoms with E-state index in [0.29, 0.717) is 0 Å². The molecular weight excluding hydrogens is 274 g/mol. The van der Waals surface area contributed by atoms with Gasteiger partial charge in [-0.2, -0.15) is 0 Å². The van der Waals surface area contributed by atoms with Crippen molar-refractivity contribution >= 4 is 17.9 Å². The Labute approximate surface area is 125 Å². The first kappa shape index (κ1) is 17.3. The Morgan fingerprint density at radius 2 is 1.81 bits per heavy atom. The summed E-state index contributed by atoms with van der Waals surface area (Å²) in [6.45, 7) is 2.93. The van der Waals surface area contributed by atoms with Gasteiger partial charge in [-0.05, 0) is 26.7 Å². The Bertz CT molecular complexity index is 378. The summed E-state index contributed by atoms with van der Waals surface area (Å²) < 4.78 is 0. The molecule has 1 saturated carbocycles. The molecule has 1 rings (SSSR count). The van der Waals surface area contributed by atoms with Crippen LogP contribution in [0.15, 0.2) is 0 Å². The fourth-order valence-electron chi connectivity index (χ4n) is 2.45. The average Bonchev–Trinajstić information content (AvgIpc) is 2.43. The molecule has 0 atom stereocenters. The van der Waals surface area contributed by atoms with Crippen molar-refractivity contribution in [3.63, 3.8) is 0 Å². The SMILES string of the molecule is CC(C)N(CC(=O)O)C(=O)CNC(=O)NC1CCCCC1. The highest BCUT2D eigenvalue weighted by molar-refractivity contribution is 5.86. The van der Waals surface area contributed by atoms with Crippen LogP contribution in [0.2, 0.25) is 0 Å². The monoisotopic (exact) mass is 299 g/mol. The quantitative estimate of drug-likeness (QED) is 0.679. The smallest absolute Gasteiger partial charge is 0.323 e. The van der Waals surface area contributed by atoms with Crippen LogP contribution < -0.4 is 10.6 Å². The minimum atomic E-state index is -1.07. The fraction of sp³-hybridized carbons (Fsp3) is 0.786. The van der Waals surface area contributed by atoms with Gasteiger partial charge in [-0.25, -0.2) is 4.79 Å². The third-order valence-corrected chi connectivity index (χ3v) is 3.59. The molecule has 120 valence electrons. The predicted molar refractivity (Wildman–Crippen MR) is 77.9 cm³/mol. The van der Waals surface area contributed by atoms with Crippen LogP contribution in [-0.2, 0) is 9.59 Å². The molecule has 7 heteroatoms. The summed E-state index contributed by atoms with van der Waals surface area (Å²) in [4.78, 5) is 35.6. The van der Waals surface area contributed by atoms with E-state index < -0.39 is 11.9 Å². The maximum atomic E-state index is 11.9. The van der Waals surface area contributed by atoms with Crippen molar-refractivity contribution in [1.29, 1.82) is 0 Å². The van der Waals surface area contributed by atoms with E-state index in [9.17, 15) is 14.4 Å². The Hall–Kier alpha value is -1.79. The summed E-state index contributed by atoms with van der Waals surface area (Å²) in [5, 5.41) is 14.1. The van der Waals surface area contributed by atoms with Crippen molar-refractivity contribution in [2.45, 2.75) is 58.0 Å². The first-order valence-electron chi connectivity index (χ1n) is 7.45. The second-order valence-electron chi connectivity index (χ2n) is 5.67. The highest BCUT2D eigenvalue weighted by Crippen LogP contribution is 2.17. The third kappa shape index (κ3) is 6.46. The van der Waals surface area contributed by atoms with E-state index in [4.69, 9.17) is 5.11 Å². The largest absolute Gasteiger partial charge is 0.480 e. The molecule has 0 bridgehead atoms. The molecule has 0 aromatic carbocycles. The summed E-state index contributed by atoms with van der Waals surface area (Å²) in [6.07, 6.45) is 5.38. The summed E-state index contributed by atoms with van der Waals surface area (Å²) in [7, 11) is 0. The number of hydrogen-bond donors (Lipinski definition) is 3. The molecule has 3 N–H and O–H groups in total. The van der Waals surface area contributed by atoms with Gasteiger partial charge in [0.25, 0.3) is 0 Å². The standard InChI is InChI=1S/C14H25N3O4/c1-10(2)17(9-13(19)20)12(18)8-15-14(21)16-11-6-4-3-5-7-11/h10-11H,3-9H2,1-2H3,(H,19,20)(H2,15,16,21). The first-order valence-corrected chi connectivity index (χ1v) is 7.45. The van der Waals surface area contributed by atoms with Crippen LogP contribution in [0.4, 0.5) is 4.79 Å². The number of aliphatic carboxylic acids is 1. The van der Waals surface area contributed by atoms with E-state index in [1.54, 1.807) is 13.8 Å². The van der Waals surface area contributed by atoms with Gasteiger partial charge in [-0.15, -0.1) is 0 Å². The minimum absolute atomic E-state index is 0.175. The van der Waals surface area contributed by atoms with Crippen LogP contribution in [-0.4, -0.2) is 53.1 Å². The molecule has 1 fully saturated rings. The lowest BCUT2D eigenvalue weighted by atomic mass is 9.96. The van der Waals surface area contributed by atoms with Crippen molar-refractivity contribution in [1.82, 2.24) is 15.5 Å². The second kappa shape index (κ2) is 8.49. The molecule has 0 unspecified atom stereocenters. The van der Waals surface area contributed by atoms with Gasteiger partial charge in [-0.1, -0.05) is 19.3 Å². The first-order chi connectivity index (χ1) is 9.90. The van der Waals surface area contributed by atoms with Gasteiger partial charge in [0.2, 0.25) is 5.91 Å². The lowest BCUT2D eigenvalue weighted by Crippen LogP contribution is -2.49. The molecular formula is C14H25N3O4. The zero-order valence-electron chi connectivity index (χ0n) is 12.7. The molecule has 0 aliphatic heterocycles. The van der Waals surface area contributed by atoms with Crippen LogP contribution in [0.1, 0.15) is 46.0 Å². The summed E-state index contributed by atoms with van der Waals surface area (Å²) in [5.74, 6) is -1.46. The summed E-state index contributed by atoms with van der Waals surface area (Å²) in [5.41, 5.74) is 0. The van der Waals surface area contributed by atoms with E-state index in [-0.39, 0.29) is 31.2 Å². The maximum absolute atomic E-state index is 11.9. The van der Waals surface area contributed by atoms with Crippen LogP contribution >= 0.6 is 0 Å². The predicted octanol–water partition coefficient (Wildman–Crippen LogP) is 0.940. The third-order valence-electron chi connectivity index (χ3n) is 3.59. The van der Waals surface area contributed by atoms with Crippen molar-refractivity contribution in [3.05, 3.63) is 0 Å². The Morgan fingerprint density at radius 1 is 1.19 bits per heavy atom. The minimum Gasteiger partial charge on any atom is -0.480 e. The molecule has 3 amide bonds. The van der Waals surface area contributed by atoms with E-state index in [1.807, 2.05) is 0 Å². The van der Waals surface area contributed by atoms with Crippen molar-refractivity contribution in [2.24, 2.45) is 0 Å². The van der Waals surface area contributed by atoms with Gasteiger partial charge in [0, 0.05) is 12.1 Å². The van der Waals surface area contributed by atoms with E-state index in [2.05, 4.69) is 10.6 Å². The molecule has 0 radical (unpaired) electrons. The van der Waals surface area contributed by atoms with Gasteiger partial charge in [0.05, 0.1) is 6.54 Å². The molecule has 0 aromatic rings. The lowest BCUT2D eigenvalue weighted by Gasteiger charge is -2.26. The number of nitrogens with zero attached hydrogens (tertiary/aromatic N) is 1. The molecule has 21 heavy (non-hydrogen) atoms. The van der Waals surface area contributed by atoms with E-state index >= 15 is 0 Å². The Balaban J connectivity index is 2.35. The van der Waals surface area contributed by atoms with Gasteiger partial charge in [0.1, 0.15) is 6.54 Å². The highest BCUT2D eigenvalue weighted by atomic mass is 16.4. The second-order valence-corrected chi connectivity index (χ2v) is 5.67. The Kier molecular flexibility index (Phi) is 6.98. The number of rotatable bonds is 6. The van der Waals surface area contributed by atoms with Crippen molar-refractivity contribution < 1.29 is 19.5 Å². The number of carbonyl (C=O) groups excluding carboxylic acids is 2. The summed E-state index contributed by atoms with van der Waals surface area (Å²) in [6, 6.07) is -0.417. The molecule has 0 spiro atoms. The van der Waals surface area contributed by atoms with Gasteiger partial charge in [0.15, 0.2) is 0 Å². The van der Waals surface area contributed by atoms with Crippen LogP contribution in [0.25, 0.3) is 0 Å². The summed E-state index contributed by atoms with van der Waals surface area (Å²) >= 11 is 0. The maximum Gasteiger partial charge on any atom is 0.323 e. The topological polar surface area (TPSA) is 98.7 Å². The number of carboxylic acid groups (broad SMARTS) is 1. The van der Waals surface area contributed by atoms with Crippen LogP contribution in [0.3, 0.4) is 0 Å². The normalized spacial score (nSPS) is 15.6. The zero-order valence-corrected chi connectivity index (χ0v) is 12.7. The molecule has 0 saturated heterocycles. The van der Waals surface area contributed by atoms with E-state index in [1.165, 1.54) is 11.3 Å². The Morgan fingerprint density at radius 3 is 2.33 bits per heavy atom. The van der Waals surface area contributed by atoms with E-state index in [0.717, 1.165) is 25.7 Å². The lowest BCUT2D eigenvalue weighted by molar-refractivity contribution is -0.145. The number of hydrogen-bond acceptors (Lipinski definition) is 3. The highest BCUT2D eigenvalue weighted by Gasteiger charge is 2.21. The molecule has 0 heterocycles. The number of amides is 3. The van der Waals surface area contributed by atoms with Crippen molar-refractivity contribution in [2.75, 3.05) is 13.1 Å². The number of nitrogens with one attached hydrogen (secondary N) is 2. The average molecular weight is 299 g/mol. The molecule has 1 aliphatic rings.